The van der Waals surface area contributed by atoms with E-state index in [9.17, 15) is 8.42 Å². The minimum atomic E-state index is -3.53. The Bertz CT molecular complexity index is 806. The summed E-state index contributed by atoms with van der Waals surface area (Å²) in [6, 6.07) is 1.73. The van der Waals surface area contributed by atoms with Crippen molar-refractivity contribution in [3.63, 3.8) is 0 Å². The molecule has 3 heterocycles. The van der Waals surface area contributed by atoms with E-state index in [-0.39, 0.29) is 12.5 Å². The maximum atomic E-state index is 12.9. The Morgan fingerprint density at radius 1 is 1.33 bits per heavy atom. The molecule has 24 heavy (non-hydrogen) atoms. The van der Waals surface area contributed by atoms with Crippen LogP contribution in [0, 0.1) is 13.8 Å². The van der Waals surface area contributed by atoms with Gasteiger partial charge in [0.1, 0.15) is 10.3 Å². The van der Waals surface area contributed by atoms with Crippen LogP contribution in [-0.2, 0) is 14.8 Å². The molecule has 2 aromatic rings. The minimum Gasteiger partial charge on any atom is -0.422 e. The average Bonchev–Trinajstić information content (AvgIpc) is 3.16. The van der Waals surface area contributed by atoms with E-state index in [0.29, 0.717) is 29.1 Å². The van der Waals surface area contributed by atoms with Crippen LogP contribution < -0.4 is 0 Å². The monoisotopic (exact) mass is 371 g/mol. The van der Waals surface area contributed by atoms with E-state index in [1.165, 1.54) is 15.6 Å². The molecule has 0 N–H and O–H groups in total. The van der Waals surface area contributed by atoms with Gasteiger partial charge in [0.25, 0.3) is 10.0 Å². The van der Waals surface area contributed by atoms with Crippen LogP contribution in [-0.4, -0.2) is 42.6 Å². The summed E-state index contributed by atoms with van der Waals surface area (Å²) in [6.07, 6.45) is -0.532. The predicted molar refractivity (Wildman–Crippen MR) is 89.6 cm³/mol. The van der Waals surface area contributed by atoms with Crippen molar-refractivity contribution in [2.24, 2.45) is 0 Å². The largest absolute Gasteiger partial charge is 0.422 e. The third-order valence-corrected chi connectivity index (χ3v) is 7.46. The van der Waals surface area contributed by atoms with E-state index < -0.39 is 16.1 Å². The molecule has 0 aromatic carbocycles. The first-order valence-corrected chi connectivity index (χ1v) is 10.1. The first-order valence-electron chi connectivity index (χ1n) is 7.81. The third-order valence-electron chi connectivity index (χ3n) is 3.99. The van der Waals surface area contributed by atoms with Crippen molar-refractivity contribution in [3.05, 3.63) is 28.3 Å². The molecule has 2 aromatic heterocycles. The fourth-order valence-corrected chi connectivity index (χ4v) is 5.49. The predicted octanol–water partition coefficient (Wildman–Crippen LogP) is 2.63. The number of thiophene rings is 1. The van der Waals surface area contributed by atoms with Gasteiger partial charge in [-0.2, -0.15) is 4.31 Å². The van der Waals surface area contributed by atoms with Crippen molar-refractivity contribution in [2.45, 2.75) is 43.9 Å². The molecule has 0 unspecified atom stereocenters. The molecule has 0 radical (unpaired) electrons. The topological polar surface area (TPSA) is 85.5 Å². The zero-order valence-electron chi connectivity index (χ0n) is 14.1. The molecule has 132 valence electrons. The van der Waals surface area contributed by atoms with Gasteiger partial charge in [0.15, 0.2) is 0 Å². The summed E-state index contributed by atoms with van der Waals surface area (Å²) in [5, 5.41) is 8.00. The molecule has 0 saturated carbocycles. The number of ether oxygens (including phenoxy) is 1. The highest BCUT2D eigenvalue weighted by Gasteiger charge is 2.35. The molecule has 1 atom stereocenters. The Kier molecular flexibility index (Phi) is 4.78. The molecule has 7 nitrogen and oxygen atoms in total. The van der Waals surface area contributed by atoms with Crippen molar-refractivity contribution in [1.29, 1.82) is 0 Å². The van der Waals surface area contributed by atoms with E-state index in [4.69, 9.17) is 9.15 Å². The summed E-state index contributed by atoms with van der Waals surface area (Å²) < 4.78 is 38.8. The summed E-state index contributed by atoms with van der Waals surface area (Å²) >= 11 is 1.30. The summed E-state index contributed by atoms with van der Waals surface area (Å²) in [6.45, 7) is 8.55. The molecule has 0 aliphatic carbocycles. The second-order valence-electron chi connectivity index (χ2n) is 6.16. The maximum Gasteiger partial charge on any atom is 0.252 e. The lowest BCUT2D eigenvalue weighted by Crippen LogP contribution is -2.42. The second kappa shape index (κ2) is 6.55. The van der Waals surface area contributed by atoms with Gasteiger partial charge in [0.2, 0.25) is 11.8 Å². The molecule has 0 amide bonds. The molecule has 1 fully saturated rings. The van der Waals surface area contributed by atoms with Crippen LogP contribution in [0.5, 0.6) is 0 Å². The van der Waals surface area contributed by atoms with E-state index in [1.54, 1.807) is 6.07 Å². The van der Waals surface area contributed by atoms with Crippen LogP contribution in [0.2, 0.25) is 0 Å². The van der Waals surface area contributed by atoms with Crippen LogP contribution in [0.15, 0.2) is 14.7 Å². The van der Waals surface area contributed by atoms with Crippen molar-refractivity contribution in [2.75, 3.05) is 19.7 Å². The maximum absolute atomic E-state index is 12.9. The van der Waals surface area contributed by atoms with Crippen molar-refractivity contribution in [3.8, 4) is 0 Å². The van der Waals surface area contributed by atoms with Gasteiger partial charge in [-0.3, -0.25) is 0 Å². The first-order chi connectivity index (χ1) is 11.3. The Hall–Kier alpha value is -1.29. The Morgan fingerprint density at radius 3 is 2.67 bits per heavy atom. The average molecular weight is 371 g/mol. The van der Waals surface area contributed by atoms with Gasteiger partial charge in [0, 0.05) is 23.9 Å². The van der Waals surface area contributed by atoms with Gasteiger partial charge in [-0.25, -0.2) is 8.42 Å². The van der Waals surface area contributed by atoms with Crippen LogP contribution in [0.3, 0.4) is 0 Å². The molecule has 1 aliphatic rings. The molecule has 0 spiro atoms. The Morgan fingerprint density at radius 2 is 2.08 bits per heavy atom. The zero-order valence-corrected chi connectivity index (χ0v) is 15.8. The van der Waals surface area contributed by atoms with Gasteiger partial charge in [0.05, 0.1) is 6.61 Å². The van der Waals surface area contributed by atoms with Gasteiger partial charge in [-0.05, 0) is 25.5 Å². The molecule has 0 bridgehead atoms. The van der Waals surface area contributed by atoms with Crippen LogP contribution in [0.1, 0.15) is 48.1 Å². The molecule has 1 saturated heterocycles. The normalized spacial score (nSPS) is 20.0. The highest BCUT2D eigenvalue weighted by Crippen LogP contribution is 2.31. The van der Waals surface area contributed by atoms with Crippen LogP contribution >= 0.6 is 11.3 Å². The molecule has 9 heteroatoms. The smallest absolute Gasteiger partial charge is 0.252 e. The highest BCUT2D eigenvalue weighted by atomic mass is 32.2. The fourth-order valence-electron chi connectivity index (χ4n) is 2.40. The van der Waals surface area contributed by atoms with E-state index in [0.717, 1.165) is 10.4 Å². The molecular formula is C15H21N3O4S2. The molecule has 3 rings (SSSR count). The minimum absolute atomic E-state index is 0.117. The lowest BCUT2D eigenvalue weighted by atomic mass is 10.2. The SMILES string of the molecule is Cc1cc(S(=O)(=O)N2CCO[C@H](c3nnc(C(C)C)o3)C2)sc1C. The van der Waals surface area contributed by atoms with E-state index >= 15 is 0 Å². The van der Waals surface area contributed by atoms with Crippen molar-refractivity contribution >= 4 is 21.4 Å². The summed E-state index contributed by atoms with van der Waals surface area (Å²) in [4.78, 5) is 1.01. The lowest BCUT2D eigenvalue weighted by Gasteiger charge is -2.30. The molecule has 1 aliphatic heterocycles. The van der Waals surface area contributed by atoms with E-state index in [2.05, 4.69) is 10.2 Å². The number of rotatable bonds is 4. The number of aryl methyl sites for hydroxylation is 2. The lowest BCUT2D eigenvalue weighted by molar-refractivity contribution is -0.0178. The first kappa shape index (κ1) is 17.5. The van der Waals surface area contributed by atoms with Gasteiger partial charge in [-0.1, -0.05) is 13.8 Å². The number of hydrogen-bond donors (Lipinski definition) is 0. The number of morpholine rings is 1. The Labute approximate surface area is 145 Å². The third kappa shape index (κ3) is 3.26. The summed E-state index contributed by atoms with van der Waals surface area (Å²) in [5.41, 5.74) is 0.988. The standard InChI is InChI=1S/C15H21N3O4S2/c1-9(2)14-16-17-15(22-14)12-8-18(5-6-21-12)24(19,20)13-7-10(3)11(4)23-13/h7,9,12H,5-6,8H2,1-4H3/t12-/m0/s1. The Balaban J connectivity index is 1.82. The van der Waals surface area contributed by atoms with E-state index in [1.807, 2.05) is 27.7 Å². The number of aromatic nitrogens is 2. The number of hydrogen-bond acceptors (Lipinski definition) is 7. The number of sulfonamides is 1. The van der Waals surface area contributed by atoms with Gasteiger partial charge >= 0.3 is 0 Å². The van der Waals surface area contributed by atoms with Gasteiger partial charge in [-0.15, -0.1) is 21.5 Å². The number of nitrogens with zero attached hydrogens (tertiary/aromatic N) is 3. The molecular weight excluding hydrogens is 350 g/mol. The van der Waals surface area contributed by atoms with Crippen LogP contribution in [0.4, 0.5) is 0 Å². The quantitative estimate of drug-likeness (QED) is 0.821. The van der Waals surface area contributed by atoms with Gasteiger partial charge < -0.3 is 9.15 Å². The summed E-state index contributed by atoms with van der Waals surface area (Å²) in [7, 11) is -3.53. The fraction of sp³-hybridized carbons (Fsp3) is 0.600. The highest BCUT2D eigenvalue weighted by molar-refractivity contribution is 7.91. The van der Waals surface area contributed by atoms with Crippen molar-refractivity contribution < 1.29 is 17.6 Å². The van der Waals surface area contributed by atoms with Crippen LogP contribution in [0.25, 0.3) is 0 Å². The summed E-state index contributed by atoms with van der Waals surface area (Å²) in [5.74, 6) is 0.974. The zero-order chi connectivity index (χ0) is 17.5. The van der Waals surface area contributed by atoms with Crippen molar-refractivity contribution in [1.82, 2.24) is 14.5 Å². The second-order valence-corrected chi connectivity index (χ2v) is 9.58.